The van der Waals surface area contributed by atoms with E-state index in [4.69, 9.17) is 8.94 Å². The second kappa shape index (κ2) is 8.09. The Labute approximate surface area is 156 Å². The van der Waals surface area contributed by atoms with E-state index in [2.05, 4.69) is 15.2 Å². The van der Waals surface area contributed by atoms with Crippen LogP contribution in [-0.2, 0) is 16.4 Å². The van der Waals surface area contributed by atoms with Gasteiger partial charge in [-0.2, -0.15) is 0 Å². The van der Waals surface area contributed by atoms with Crippen LogP contribution < -0.4 is 10.0 Å². The Bertz CT molecular complexity index is 992. The minimum absolute atomic E-state index is 0.192. The number of anilines is 1. The van der Waals surface area contributed by atoms with Crippen molar-refractivity contribution < 1.29 is 22.2 Å². The number of aromatic nitrogens is 1. The van der Waals surface area contributed by atoms with Gasteiger partial charge < -0.3 is 14.3 Å². The van der Waals surface area contributed by atoms with Crippen LogP contribution in [0.5, 0.6) is 0 Å². The highest BCUT2D eigenvalue weighted by atomic mass is 32.2. The molecule has 2 heterocycles. The summed E-state index contributed by atoms with van der Waals surface area (Å²) in [5.74, 6) is 0.590. The minimum atomic E-state index is -3.28. The zero-order valence-electron chi connectivity index (χ0n) is 14.6. The van der Waals surface area contributed by atoms with E-state index in [0.29, 0.717) is 23.8 Å². The molecule has 8 nitrogen and oxygen atoms in total. The van der Waals surface area contributed by atoms with Crippen LogP contribution in [0.15, 0.2) is 57.7 Å². The van der Waals surface area contributed by atoms with Gasteiger partial charge in [0.25, 0.3) is 5.91 Å². The van der Waals surface area contributed by atoms with Crippen molar-refractivity contribution in [2.24, 2.45) is 0 Å². The maximum Gasteiger partial charge on any atom is 0.273 e. The Morgan fingerprint density at radius 2 is 1.93 bits per heavy atom. The lowest BCUT2D eigenvalue weighted by molar-refractivity contribution is 0.0944. The summed E-state index contributed by atoms with van der Waals surface area (Å²) in [4.78, 5) is 12.1. The number of carbonyl (C=O) groups excluding carboxylic acids is 1. The second-order valence-electron chi connectivity index (χ2n) is 5.98. The molecule has 1 aromatic carbocycles. The van der Waals surface area contributed by atoms with Gasteiger partial charge >= 0.3 is 0 Å². The molecule has 2 N–H and O–H groups in total. The van der Waals surface area contributed by atoms with Crippen molar-refractivity contribution in [1.29, 1.82) is 0 Å². The number of furan rings is 1. The van der Waals surface area contributed by atoms with Crippen molar-refractivity contribution in [3.8, 4) is 11.5 Å². The van der Waals surface area contributed by atoms with Crippen LogP contribution in [0.3, 0.4) is 0 Å². The molecule has 0 unspecified atom stereocenters. The van der Waals surface area contributed by atoms with Gasteiger partial charge in [0.2, 0.25) is 15.8 Å². The predicted octanol–water partition coefficient (Wildman–Crippen LogP) is 2.67. The van der Waals surface area contributed by atoms with Crippen LogP contribution in [0.25, 0.3) is 11.5 Å². The minimum Gasteiger partial charge on any atom is -0.461 e. The van der Waals surface area contributed by atoms with Crippen molar-refractivity contribution >= 4 is 21.6 Å². The Morgan fingerprint density at radius 3 is 2.59 bits per heavy atom. The quantitative estimate of drug-likeness (QED) is 0.573. The molecule has 0 aliphatic heterocycles. The molecule has 0 aliphatic rings. The van der Waals surface area contributed by atoms with E-state index in [1.165, 1.54) is 12.3 Å². The molecule has 0 spiro atoms. The number of benzene rings is 1. The Balaban J connectivity index is 1.44. The van der Waals surface area contributed by atoms with Crippen LogP contribution in [0, 0.1) is 0 Å². The fourth-order valence-corrected chi connectivity index (χ4v) is 3.02. The molecule has 142 valence electrons. The number of hydrogen-bond donors (Lipinski definition) is 2. The topological polar surface area (TPSA) is 114 Å². The van der Waals surface area contributed by atoms with Crippen molar-refractivity contribution in [2.75, 3.05) is 17.5 Å². The lowest BCUT2D eigenvalue weighted by Crippen LogP contribution is -2.25. The number of aryl methyl sites for hydroxylation is 1. The number of nitrogens with zero attached hydrogens (tertiary/aromatic N) is 1. The van der Waals surface area contributed by atoms with Crippen LogP contribution >= 0.6 is 0 Å². The molecule has 0 aliphatic carbocycles. The zero-order chi connectivity index (χ0) is 19.3. The summed E-state index contributed by atoms with van der Waals surface area (Å²) in [6, 6.07) is 12.1. The van der Waals surface area contributed by atoms with Crippen LogP contribution in [-0.4, -0.2) is 32.3 Å². The normalized spacial score (nSPS) is 11.3. The summed E-state index contributed by atoms with van der Waals surface area (Å²) >= 11 is 0. The standard InChI is InChI=1S/C18H19N3O5S/c1-27(23,24)21-14-8-6-13(7-9-14)4-2-10-19-18(22)15-12-17(26-20-15)16-5-3-11-25-16/h3,5-9,11-12,21H,2,4,10H2,1H3,(H,19,22). The largest absolute Gasteiger partial charge is 0.461 e. The fraction of sp³-hybridized carbons (Fsp3) is 0.222. The highest BCUT2D eigenvalue weighted by Gasteiger charge is 2.14. The predicted molar refractivity (Wildman–Crippen MR) is 99.8 cm³/mol. The van der Waals surface area contributed by atoms with Crippen molar-refractivity contribution in [2.45, 2.75) is 12.8 Å². The summed E-state index contributed by atoms with van der Waals surface area (Å²) in [6.45, 7) is 0.477. The Kier molecular flexibility index (Phi) is 5.60. The molecule has 0 atom stereocenters. The van der Waals surface area contributed by atoms with Crippen molar-refractivity contribution in [3.05, 3.63) is 60.0 Å². The van der Waals surface area contributed by atoms with Crippen LogP contribution in [0.1, 0.15) is 22.5 Å². The molecular weight excluding hydrogens is 370 g/mol. The van der Waals surface area contributed by atoms with Gasteiger partial charge in [0.05, 0.1) is 12.5 Å². The summed E-state index contributed by atoms with van der Waals surface area (Å²) in [5.41, 5.74) is 1.76. The van der Waals surface area contributed by atoms with E-state index in [0.717, 1.165) is 24.7 Å². The fourth-order valence-electron chi connectivity index (χ4n) is 2.46. The molecular formula is C18H19N3O5S. The maximum absolute atomic E-state index is 12.1. The molecule has 0 fully saturated rings. The lowest BCUT2D eigenvalue weighted by atomic mass is 10.1. The third-order valence-corrected chi connectivity index (χ3v) is 4.30. The molecule has 9 heteroatoms. The van der Waals surface area contributed by atoms with Gasteiger partial charge in [0, 0.05) is 18.3 Å². The van der Waals surface area contributed by atoms with Gasteiger partial charge in [-0.25, -0.2) is 8.42 Å². The van der Waals surface area contributed by atoms with E-state index in [9.17, 15) is 13.2 Å². The van der Waals surface area contributed by atoms with Gasteiger partial charge in [0.15, 0.2) is 11.5 Å². The van der Waals surface area contributed by atoms with Gasteiger partial charge in [-0.05, 0) is 42.7 Å². The number of carbonyl (C=O) groups is 1. The van der Waals surface area contributed by atoms with Crippen molar-refractivity contribution in [1.82, 2.24) is 10.5 Å². The molecule has 0 radical (unpaired) electrons. The first-order valence-electron chi connectivity index (χ1n) is 8.26. The zero-order valence-corrected chi connectivity index (χ0v) is 15.5. The maximum atomic E-state index is 12.1. The monoisotopic (exact) mass is 389 g/mol. The first-order chi connectivity index (χ1) is 12.9. The molecule has 0 saturated carbocycles. The van der Waals surface area contributed by atoms with Crippen LogP contribution in [0.2, 0.25) is 0 Å². The van der Waals surface area contributed by atoms with E-state index in [1.54, 1.807) is 24.3 Å². The molecule has 0 bridgehead atoms. The third-order valence-electron chi connectivity index (χ3n) is 3.69. The van der Waals surface area contributed by atoms with Gasteiger partial charge in [0.1, 0.15) is 0 Å². The van der Waals surface area contributed by atoms with Crippen LogP contribution in [0.4, 0.5) is 5.69 Å². The average Bonchev–Trinajstić information content (AvgIpc) is 3.29. The third kappa shape index (κ3) is 5.45. The lowest BCUT2D eigenvalue weighted by Gasteiger charge is -2.06. The highest BCUT2D eigenvalue weighted by molar-refractivity contribution is 7.92. The number of amides is 1. The van der Waals surface area contributed by atoms with E-state index in [-0.39, 0.29) is 11.6 Å². The Hall–Kier alpha value is -3.07. The molecule has 3 rings (SSSR count). The van der Waals surface area contributed by atoms with E-state index < -0.39 is 10.0 Å². The van der Waals surface area contributed by atoms with Gasteiger partial charge in [-0.1, -0.05) is 17.3 Å². The summed E-state index contributed by atoms with van der Waals surface area (Å²) in [7, 11) is -3.28. The average molecular weight is 389 g/mol. The summed E-state index contributed by atoms with van der Waals surface area (Å²) in [5, 5.41) is 6.53. The number of hydrogen-bond acceptors (Lipinski definition) is 6. The number of rotatable bonds is 8. The molecule has 0 saturated heterocycles. The SMILES string of the molecule is CS(=O)(=O)Nc1ccc(CCCNC(=O)c2cc(-c3ccco3)on2)cc1. The number of sulfonamides is 1. The molecule has 3 aromatic rings. The molecule has 27 heavy (non-hydrogen) atoms. The molecule has 2 aromatic heterocycles. The number of nitrogens with one attached hydrogen (secondary N) is 2. The van der Waals surface area contributed by atoms with Gasteiger partial charge in [-0.15, -0.1) is 0 Å². The molecule has 1 amide bonds. The van der Waals surface area contributed by atoms with Gasteiger partial charge in [-0.3, -0.25) is 9.52 Å². The first-order valence-corrected chi connectivity index (χ1v) is 10.2. The van der Waals surface area contributed by atoms with Crippen molar-refractivity contribution in [3.63, 3.8) is 0 Å². The van der Waals surface area contributed by atoms with E-state index in [1.807, 2.05) is 12.1 Å². The second-order valence-corrected chi connectivity index (χ2v) is 7.73. The van der Waals surface area contributed by atoms with E-state index >= 15 is 0 Å². The smallest absolute Gasteiger partial charge is 0.273 e. The highest BCUT2D eigenvalue weighted by Crippen LogP contribution is 2.20. The summed E-state index contributed by atoms with van der Waals surface area (Å²) in [6.07, 6.45) is 4.10. The summed E-state index contributed by atoms with van der Waals surface area (Å²) < 4.78 is 35.1. The Morgan fingerprint density at radius 1 is 1.15 bits per heavy atom. The first kappa shape index (κ1) is 18.7.